The molecule has 0 amide bonds. The minimum atomic E-state index is -4.72. The van der Waals surface area contributed by atoms with E-state index in [2.05, 4.69) is 4.74 Å². The number of nitrogens with zero attached hydrogens (tertiary/aromatic N) is 1. The molecular weight excluding hydrogens is 275 g/mol. The van der Waals surface area contributed by atoms with Gasteiger partial charge in [0.25, 0.3) is 0 Å². The highest BCUT2D eigenvalue weighted by molar-refractivity contribution is 5.69. The molecule has 1 aromatic carbocycles. The first-order chi connectivity index (χ1) is 9.23. The maximum Gasteiger partial charge on any atom is 0.573 e. The highest BCUT2D eigenvalue weighted by Gasteiger charge is 2.31. The Labute approximate surface area is 114 Å². The maximum absolute atomic E-state index is 12.0. The fourth-order valence-corrected chi connectivity index (χ4v) is 1.86. The number of rotatable bonds is 6. The Morgan fingerprint density at radius 1 is 1.35 bits per heavy atom. The van der Waals surface area contributed by atoms with Crippen LogP contribution in [0.25, 0.3) is 0 Å². The summed E-state index contributed by atoms with van der Waals surface area (Å²) in [6, 6.07) is 5.21. The molecule has 0 saturated heterocycles. The van der Waals surface area contributed by atoms with Crippen LogP contribution >= 0.6 is 0 Å². The second-order valence-electron chi connectivity index (χ2n) is 4.25. The van der Waals surface area contributed by atoms with Gasteiger partial charge in [-0.3, -0.25) is 9.69 Å². The zero-order valence-corrected chi connectivity index (χ0v) is 11.1. The normalized spacial score (nSPS) is 13.3. The van der Waals surface area contributed by atoms with Crippen LogP contribution in [0.15, 0.2) is 24.3 Å². The van der Waals surface area contributed by atoms with Crippen molar-refractivity contribution in [1.29, 1.82) is 0 Å². The van der Waals surface area contributed by atoms with Gasteiger partial charge in [0, 0.05) is 6.04 Å². The van der Waals surface area contributed by atoms with Crippen molar-refractivity contribution in [2.45, 2.75) is 26.3 Å². The van der Waals surface area contributed by atoms with Crippen molar-refractivity contribution in [2.75, 3.05) is 13.1 Å². The highest BCUT2D eigenvalue weighted by atomic mass is 19.4. The van der Waals surface area contributed by atoms with E-state index in [-0.39, 0.29) is 18.3 Å². The fourth-order valence-electron chi connectivity index (χ4n) is 1.86. The molecule has 20 heavy (non-hydrogen) atoms. The van der Waals surface area contributed by atoms with Crippen molar-refractivity contribution in [3.05, 3.63) is 29.8 Å². The van der Waals surface area contributed by atoms with Gasteiger partial charge in [0.2, 0.25) is 0 Å². The summed E-state index contributed by atoms with van der Waals surface area (Å²) in [6.45, 7) is 4.01. The number of carbonyl (C=O) groups is 1. The van der Waals surface area contributed by atoms with Gasteiger partial charge in [0.05, 0.1) is 6.54 Å². The lowest BCUT2D eigenvalue weighted by Crippen LogP contribution is -2.32. The maximum atomic E-state index is 12.0. The first-order valence-electron chi connectivity index (χ1n) is 6.04. The van der Waals surface area contributed by atoms with E-state index in [0.717, 1.165) is 5.56 Å². The number of aliphatic carboxylic acids is 1. The number of carboxylic acids is 1. The quantitative estimate of drug-likeness (QED) is 0.875. The molecule has 0 radical (unpaired) electrons. The number of carboxylic acid groups (broad SMARTS) is 1. The van der Waals surface area contributed by atoms with E-state index in [1.807, 2.05) is 6.92 Å². The highest BCUT2D eigenvalue weighted by Crippen LogP contribution is 2.26. The molecule has 1 atom stereocenters. The van der Waals surface area contributed by atoms with Gasteiger partial charge < -0.3 is 9.84 Å². The van der Waals surface area contributed by atoms with E-state index >= 15 is 0 Å². The van der Waals surface area contributed by atoms with Crippen LogP contribution in [0.4, 0.5) is 13.2 Å². The zero-order valence-electron chi connectivity index (χ0n) is 11.1. The molecule has 1 rings (SSSR count). The van der Waals surface area contributed by atoms with Gasteiger partial charge in [0.15, 0.2) is 0 Å². The van der Waals surface area contributed by atoms with Gasteiger partial charge in [-0.1, -0.05) is 19.1 Å². The van der Waals surface area contributed by atoms with Crippen molar-refractivity contribution >= 4 is 5.97 Å². The number of alkyl halides is 3. The van der Waals surface area contributed by atoms with E-state index in [1.165, 1.54) is 24.3 Å². The van der Waals surface area contributed by atoms with Crippen molar-refractivity contribution in [1.82, 2.24) is 4.90 Å². The van der Waals surface area contributed by atoms with Crippen molar-refractivity contribution < 1.29 is 27.8 Å². The molecule has 0 spiro atoms. The van der Waals surface area contributed by atoms with Crippen LogP contribution in [-0.2, 0) is 4.79 Å². The largest absolute Gasteiger partial charge is 0.573 e. The SMILES string of the molecule is CCN(CC(=O)O)C(C)c1ccc(OC(F)(F)F)cc1. The third kappa shape index (κ3) is 5.08. The minimum Gasteiger partial charge on any atom is -0.480 e. The summed E-state index contributed by atoms with van der Waals surface area (Å²) in [5.41, 5.74) is 0.725. The molecule has 0 heterocycles. The molecule has 0 bridgehead atoms. The summed E-state index contributed by atoms with van der Waals surface area (Å²) >= 11 is 0. The molecule has 0 aliphatic rings. The number of benzene rings is 1. The van der Waals surface area contributed by atoms with Crippen molar-refractivity contribution in [3.63, 3.8) is 0 Å². The number of hydrogen-bond donors (Lipinski definition) is 1. The Kier molecular flexibility index (Phi) is 5.38. The molecule has 0 aromatic heterocycles. The van der Waals surface area contributed by atoms with Gasteiger partial charge in [-0.2, -0.15) is 0 Å². The fraction of sp³-hybridized carbons (Fsp3) is 0.462. The Morgan fingerprint density at radius 2 is 1.90 bits per heavy atom. The van der Waals surface area contributed by atoms with Crippen LogP contribution in [-0.4, -0.2) is 35.4 Å². The predicted molar refractivity (Wildman–Crippen MR) is 66.4 cm³/mol. The van der Waals surface area contributed by atoms with E-state index in [1.54, 1.807) is 11.8 Å². The number of ether oxygens (including phenoxy) is 1. The van der Waals surface area contributed by atoms with Crippen LogP contribution < -0.4 is 4.74 Å². The monoisotopic (exact) mass is 291 g/mol. The first kappa shape index (κ1) is 16.3. The third-order valence-electron chi connectivity index (χ3n) is 2.89. The van der Waals surface area contributed by atoms with Crippen LogP contribution in [0.2, 0.25) is 0 Å². The van der Waals surface area contributed by atoms with Gasteiger partial charge >= 0.3 is 12.3 Å². The van der Waals surface area contributed by atoms with Gasteiger partial charge in [-0.25, -0.2) is 0 Å². The predicted octanol–water partition coefficient (Wildman–Crippen LogP) is 3.05. The van der Waals surface area contributed by atoms with Crippen LogP contribution in [0.1, 0.15) is 25.5 Å². The molecule has 1 aromatic rings. The van der Waals surface area contributed by atoms with Crippen molar-refractivity contribution in [2.24, 2.45) is 0 Å². The van der Waals surface area contributed by atoms with Crippen LogP contribution in [0, 0.1) is 0 Å². The smallest absolute Gasteiger partial charge is 0.480 e. The van der Waals surface area contributed by atoms with Crippen LogP contribution in [0.5, 0.6) is 5.75 Å². The van der Waals surface area contributed by atoms with E-state index in [4.69, 9.17) is 5.11 Å². The standard InChI is InChI=1S/C13H16F3NO3/c1-3-17(8-12(18)19)9(2)10-4-6-11(7-5-10)20-13(14,15)16/h4-7,9H,3,8H2,1-2H3,(H,18,19). The second-order valence-corrected chi connectivity index (χ2v) is 4.25. The molecule has 1 unspecified atom stereocenters. The Bertz CT molecular complexity index is 445. The molecule has 1 N–H and O–H groups in total. The average molecular weight is 291 g/mol. The first-order valence-corrected chi connectivity index (χ1v) is 6.04. The van der Waals surface area contributed by atoms with E-state index in [0.29, 0.717) is 6.54 Å². The number of likely N-dealkylation sites (N-methyl/N-ethyl adjacent to an activating group) is 1. The summed E-state index contributed by atoms with van der Waals surface area (Å²) in [5.74, 6) is -1.24. The van der Waals surface area contributed by atoms with Gasteiger partial charge in [-0.05, 0) is 31.2 Å². The topological polar surface area (TPSA) is 49.8 Å². The molecule has 0 fully saturated rings. The summed E-state index contributed by atoms with van der Waals surface area (Å²) in [6.07, 6.45) is -4.72. The molecule has 112 valence electrons. The second kappa shape index (κ2) is 6.60. The zero-order chi connectivity index (χ0) is 15.3. The lowest BCUT2D eigenvalue weighted by atomic mass is 10.1. The molecule has 4 nitrogen and oxygen atoms in total. The molecule has 0 aliphatic heterocycles. The summed E-state index contributed by atoms with van der Waals surface area (Å²) < 4.78 is 39.9. The number of halogens is 3. The number of hydrogen-bond acceptors (Lipinski definition) is 3. The average Bonchev–Trinajstić information content (AvgIpc) is 2.34. The lowest BCUT2D eigenvalue weighted by Gasteiger charge is -2.26. The van der Waals surface area contributed by atoms with Gasteiger partial charge in [-0.15, -0.1) is 13.2 Å². The third-order valence-corrected chi connectivity index (χ3v) is 2.89. The van der Waals surface area contributed by atoms with E-state index < -0.39 is 12.3 Å². The van der Waals surface area contributed by atoms with Crippen molar-refractivity contribution in [3.8, 4) is 5.75 Å². The Morgan fingerprint density at radius 3 is 2.30 bits per heavy atom. The molecule has 7 heteroatoms. The summed E-state index contributed by atoms with van der Waals surface area (Å²) in [5, 5.41) is 8.80. The lowest BCUT2D eigenvalue weighted by molar-refractivity contribution is -0.274. The Balaban J connectivity index is 2.78. The molecule has 0 saturated carbocycles. The summed E-state index contributed by atoms with van der Waals surface area (Å²) in [4.78, 5) is 12.4. The molecule has 0 aliphatic carbocycles. The van der Waals surface area contributed by atoms with Crippen LogP contribution in [0.3, 0.4) is 0 Å². The van der Waals surface area contributed by atoms with Gasteiger partial charge in [0.1, 0.15) is 5.75 Å². The molecular formula is C13H16F3NO3. The minimum absolute atomic E-state index is 0.127. The van der Waals surface area contributed by atoms with E-state index in [9.17, 15) is 18.0 Å². The summed E-state index contributed by atoms with van der Waals surface area (Å²) in [7, 11) is 0. The Hall–Kier alpha value is -1.76.